The van der Waals surface area contributed by atoms with E-state index in [0.717, 1.165) is 17.3 Å². The number of carbonyl (C=O) groups excluding carboxylic acids is 1. The second kappa shape index (κ2) is 7.21. The lowest BCUT2D eigenvalue weighted by molar-refractivity contribution is 0.0996. The Kier molecular flexibility index (Phi) is 5.03. The van der Waals surface area contributed by atoms with Crippen LogP contribution in [0.5, 0.6) is 11.5 Å². The highest BCUT2D eigenvalue weighted by atomic mass is 79.9. The number of aromatic nitrogens is 3. The monoisotopic (exact) mass is 394 g/mol. The summed E-state index contributed by atoms with van der Waals surface area (Å²) in [7, 11) is 0. The molecule has 128 valence electrons. The largest absolute Gasteiger partial charge is 0.490 e. The Bertz CT molecular complexity index is 741. The number of amides is 1. The average Bonchev–Trinajstić information content (AvgIpc) is 3.21. The summed E-state index contributed by atoms with van der Waals surface area (Å²) in [5, 5.41) is 10.3. The van der Waals surface area contributed by atoms with Crippen LogP contribution in [0.25, 0.3) is 11.3 Å². The molecule has 0 radical (unpaired) electrons. The summed E-state index contributed by atoms with van der Waals surface area (Å²) in [6.45, 7) is 2.41. The third kappa shape index (κ3) is 3.38. The van der Waals surface area contributed by atoms with Crippen LogP contribution >= 0.6 is 15.9 Å². The Labute approximate surface area is 148 Å². The van der Waals surface area contributed by atoms with E-state index in [1.807, 2.05) is 13.0 Å². The van der Waals surface area contributed by atoms with Crippen molar-refractivity contribution in [2.75, 3.05) is 6.61 Å². The molecule has 0 spiro atoms. The maximum absolute atomic E-state index is 11.5. The number of hydrogen-bond donors (Lipinski definition) is 2. The highest BCUT2D eigenvalue weighted by Crippen LogP contribution is 2.40. The Morgan fingerprint density at radius 1 is 1.33 bits per heavy atom. The fraction of sp³-hybridized carbons (Fsp3) is 0.438. The zero-order valence-corrected chi connectivity index (χ0v) is 14.9. The number of benzene rings is 1. The van der Waals surface area contributed by atoms with Crippen molar-refractivity contribution in [1.29, 1.82) is 0 Å². The molecule has 1 amide bonds. The van der Waals surface area contributed by atoms with Crippen LogP contribution in [0.15, 0.2) is 16.6 Å². The predicted molar refractivity (Wildman–Crippen MR) is 92.1 cm³/mol. The van der Waals surface area contributed by atoms with Crippen LogP contribution in [-0.2, 0) is 0 Å². The highest BCUT2D eigenvalue weighted by molar-refractivity contribution is 9.10. The molecule has 2 aromatic rings. The Morgan fingerprint density at radius 3 is 2.75 bits per heavy atom. The minimum Gasteiger partial charge on any atom is -0.490 e. The molecule has 1 aromatic heterocycles. The van der Waals surface area contributed by atoms with Gasteiger partial charge in [0, 0.05) is 10.0 Å². The SMILES string of the molecule is CCOc1cc(-c2n[nH]nc2C(N)=O)c(Br)cc1OC1CCCC1. The van der Waals surface area contributed by atoms with Crippen molar-refractivity contribution < 1.29 is 14.3 Å². The van der Waals surface area contributed by atoms with Crippen LogP contribution in [0.2, 0.25) is 0 Å². The molecule has 3 rings (SSSR count). The standard InChI is InChI=1S/C16H19BrN4O3/c1-2-23-12-7-10(14-15(16(18)22)20-21-19-14)11(17)8-13(12)24-9-5-3-4-6-9/h7-9H,2-6H2,1H3,(H2,18,22)(H,19,20,21). The van der Waals surface area contributed by atoms with E-state index in [1.54, 1.807) is 6.07 Å². The van der Waals surface area contributed by atoms with E-state index in [9.17, 15) is 4.79 Å². The molecule has 0 saturated heterocycles. The van der Waals surface area contributed by atoms with E-state index >= 15 is 0 Å². The number of halogens is 1. The van der Waals surface area contributed by atoms with Crippen molar-refractivity contribution in [3.63, 3.8) is 0 Å². The average molecular weight is 395 g/mol. The zero-order chi connectivity index (χ0) is 17.1. The van der Waals surface area contributed by atoms with Gasteiger partial charge in [0.25, 0.3) is 5.91 Å². The van der Waals surface area contributed by atoms with E-state index in [4.69, 9.17) is 15.2 Å². The molecular formula is C16H19BrN4O3. The maximum atomic E-state index is 11.5. The van der Waals surface area contributed by atoms with Gasteiger partial charge in [-0.15, -0.1) is 0 Å². The van der Waals surface area contributed by atoms with Gasteiger partial charge in [0.2, 0.25) is 0 Å². The predicted octanol–water partition coefficient (Wildman–Crippen LogP) is 3.05. The molecule has 1 saturated carbocycles. The smallest absolute Gasteiger partial charge is 0.271 e. The van der Waals surface area contributed by atoms with Gasteiger partial charge in [-0.2, -0.15) is 15.4 Å². The number of carbonyl (C=O) groups is 1. The number of nitrogens with two attached hydrogens (primary N) is 1. The molecule has 24 heavy (non-hydrogen) atoms. The number of H-pyrrole nitrogens is 1. The second-order valence-electron chi connectivity index (χ2n) is 5.62. The molecule has 1 aliphatic rings. The first kappa shape index (κ1) is 16.8. The fourth-order valence-corrected chi connectivity index (χ4v) is 3.36. The molecule has 0 aliphatic heterocycles. The summed E-state index contributed by atoms with van der Waals surface area (Å²) in [6.07, 6.45) is 4.71. The number of primary amides is 1. The van der Waals surface area contributed by atoms with Crippen molar-refractivity contribution in [3.8, 4) is 22.8 Å². The number of nitrogens with zero attached hydrogens (tertiary/aromatic N) is 2. The third-order valence-corrected chi connectivity index (χ3v) is 4.62. The van der Waals surface area contributed by atoms with Crippen LogP contribution < -0.4 is 15.2 Å². The van der Waals surface area contributed by atoms with Crippen molar-refractivity contribution in [1.82, 2.24) is 15.4 Å². The van der Waals surface area contributed by atoms with Crippen molar-refractivity contribution in [2.45, 2.75) is 38.7 Å². The van der Waals surface area contributed by atoms with Crippen LogP contribution in [-0.4, -0.2) is 34.0 Å². The summed E-state index contributed by atoms with van der Waals surface area (Å²) < 4.78 is 12.6. The van der Waals surface area contributed by atoms with E-state index < -0.39 is 5.91 Å². The first-order chi connectivity index (χ1) is 11.6. The minimum absolute atomic E-state index is 0.0857. The van der Waals surface area contributed by atoms with Gasteiger partial charge >= 0.3 is 0 Å². The summed E-state index contributed by atoms with van der Waals surface area (Å²) in [5.74, 6) is 0.652. The van der Waals surface area contributed by atoms with Crippen LogP contribution in [0.1, 0.15) is 43.1 Å². The topological polar surface area (TPSA) is 103 Å². The molecule has 0 unspecified atom stereocenters. The Hall–Kier alpha value is -2.09. The molecule has 1 aliphatic carbocycles. The van der Waals surface area contributed by atoms with Crippen molar-refractivity contribution in [3.05, 3.63) is 22.3 Å². The maximum Gasteiger partial charge on any atom is 0.271 e. The molecule has 8 heteroatoms. The lowest BCUT2D eigenvalue weighted by atomic mass is 10.1. The summed E-state index contributed by atoms with van der Waals surface area (Å²) in [5.41, 5.74) is 6.48. The van der Waals surface area contributed by atoms with E-state index in [0.29, 0.717) is 29.4 Å². The number of nitrogens with one attached hydrogen (secondary N) is 1. The van der Waals surface area contributed by atoms with E-state index in [2.05, 4.69) is 31.3 Å². The van der Waals surface area contributed by atoms with Gasteiger partial charge in [-0.1, -0.05) is 0 Å². The van der Waals surface area contributed by atoms with E-state index in [1.165, 1.54) is 12.8 Å². The van der Waals surface area contributed by atoms with Gasteiger partial charge in [-0.3, -0.25) is 4.79 Å². The van der Waals surface area contributed by atoms with Gasteiger partial charge in [-0.05, 0) is 60.7 Å². The minimum atomic E-state index is -0.644. The lowest BCUT2D eigenvalue weighted by Gasteiger charge is -2.18. The summed E-state index contributed by atoms with van der Waals surface area (Å²) in [6, 6.07) is 3.64. The third-order valence-electron chi connectivity index (χ3n) is 3.97. The molecule has 0 atom stereocenters. The van der Waals surface area contributed by atoms with Gasteiger partial charge in [0.05, 0.1) is 12.7 Å². The number of ether oxygens (including phenoxy) is 2. The van der Waals surface area contributed by atoms with Gasteiger partial charge in [-0.25, -0.2) is 0 Å². The van der Waals surface area contributed by atoms with Crippen LogP contribution in [0.4, 0.5) is 0 Å². The number of rotatable bonds is 6. The lowest BCUT2D eigenvalue weighted by Crippen LogP contribution is -2.13. The fourth-order valence-electron chi connectivity index (χ4n) is 2.85. The molecule has 0 bridgehead atoms. The van der Waals surface area contributed by atoms with Gasteiger partial charge < -0.3 is 15.2 Å². The molecular weight excluding hydrogens is 376 g/mol. The molecule has 3 N–H and O–H groups in total. The second-order valence-corrected chi connectivity index (χ2v) is 6.48. The summed E-state index contributed by atoms with van der Waals surface area (Å²) >= 11 is 3.52. The van der Waals surface area contributed by atoms with Gasteiger partial charge in [0.15, 0.2) is 17.2 Å². The van der Waals surface area contributed by atoms with Gasteiger partial charge in [0.1, 0.15) is 5.69 Å². The quantitative estimate of drug-likeness (QED) is 0.783. The normalized spacial score (nSPS) is 14.8. The van der Waals surface area contributed by atoms with Crippen molar-refractivity contribution in [2.24, 2.45) is 5.73 Å². The highest BCUT2D eigenvalue weighted by Gasteiger charge is 2.23. The van der Waals surface area contributed by atoms with Crippen molar-refractivity contribution >= 4 is 21.8 Å². The Morgan fingerprint density at radius 2 is 2.08 bits per heavy atom. The summed E-state index contributed by atoms with van der Waals surface area (Å²) in [4.78, 5) is 11.5. The first-order valence-corrected chi connectivity index (χ1v) is 8.73. The molecule has 7 nitrogen and oxygen atoms in total. The molecule has 1 heterocycles. The zero-order valence-electron chi connectivity index (χ0n) is 13.3. The first-order valence-electron chi connectivity index (χ1n) is 7.94. The number of aromatic amines is 1. The van der Waals surface area contributed by atoms with E-state index in [-0.39, 0.29) is 11.8 Å². The Balaban J connectivity index is 2.00. The molecule has 1 aromatic carbocycles. The number of hydrogen-bond acceptors (Lipinski definition) is 5. The van der Waals surface area contributed by atoms with Crippen LogP contribution in [0.3, 0.4) is 0 Å². The van der Waals surface area contributed by atoms with Crippen LogP contribution in [0, 0.1) is 0 Å². The molecule has 1 fully saturated rings.